The maximum absolute atomic E-state index is 12.8. The molecule has 0 radical (unpaired) electrons. The van der Waals surface area contributed by atoms with Crippen molar-refractivity contribution in [3.05, 3.63) is 35.4 Å². The van der Waals surface area contributed by atoms with Crippen LogP contribution in [0.4, 0.5) is 8.78 Å². The zero-order valence-corrected chi connectivity index (χ0v) is 13.6. The predicted octanol–water partition coefficient (Wildman–Crippen LogP) is 4.05. The molecule has 0 aliphatic carbocycles. The van der Waals surface area contributed by atoms with Crippen molar-refractivity contribution in [1.29, 1.82) is 0 Å². The number of alkyl halides is 2. The summed E-state index contributed by atoms with van der Waals surface area (Å²) in [5.74, 6) is 0.478. The standard InChI is InChI=1S/C18H23F2NO2/c1-3-16(21-9-5-4-6-18(21)22)15-10-13(2)7-8-17(15)23-14(11-19)12-20/h3,7-8,10,14H,4-6,9,11-12H2,1-2H3/b16-3+. The van der Waals surface area contributed by atoms with Gasteiger partial charge in [-0.25, -0.2) is 8.78 Å². The van der Waals surface area contributed by atoms with E-state index in [0.29, 0.717) is 24.3 Å². The Hall–Kier alpha value is -1.91. The molecule has 1 heterocycles. The smallest absolute Gasteiger partial charge is 0.226 e. The Morgan fingerprint density at radius 3 is 2.70 bits per heavy atom. The van der Waals surface area contributed by atoms with E-state index in [1.54, 1.807) is 11.0 Å². The number of allylic oxidation sites excluding steroid dienone is 1. The third kappa shape index (κ3) is 4.09. The van der Waals surface area contributed by atoms with E-state index in [4.69, 9.17) is 4.74 Å². The molecule has 1 aromatic rings. The molecule has 0 bridgehead atoms. The summed E-state index contributed by atoms with van der Waals surface area (Å²) in [7, 11) is 0. The number of benzene rings is 1. The summed E-state index contributed by atoms with van der Waals surface area (Å²) in [5.41, 5.74) is 2.44. The van der Waals surface area contributed by atoms with Gasteiger partial charge in [0.2, 0.25) is 5.91 Å². The molecule has 0 unspecified atom stereocenters. The highest BCUT2D eigenvalue weighted by atomic mass is 19.1. The van der Waals surface area contributed by atoms with Crippen LogP contribution in [0.3, 0.4) is 0 Å². The number of aryl methyl sites for hydroxylation is 1. The largest absolute Gasteiger partial charge is 0.484 e. The van der Waals surface area contributed by atoms with Gasteiger partial charge in [-0.3, -0.25) is 4.79 Å². The third-order valence-electron chi connectivity index (χ3n) is 3.94. The van der Waals surface area contributed by atoms with Gasteiger partial charge in [0.15, 0.2) is 6.10 Å². The van der Waals surface area contributed by atoms with E-state index in [0.717, 1.165) is 24.1 Å². The van der Waals surface area contributed by atoms with Crippen LogP contribution < -0.4 is 4.74 Å². The summed E-state index contributed by atoms with van der Waals surface area (Å²) in [6.45, 7) is 2.66. The van der Waals surface area contributed by atoms with Crippen LogP contribution >= 0.6 is 0 Å². The monoisotopic (exact) mass is 323 g/mol. The van der Waals surface area contributed by atoms with Crippen molar-refractivity contribution in [3.8, 4) is 5.75 Å². The number of amides is 1. The van der Waals surface area contributed by atoms with Crippen LogP contribution in [-0.2, 0) is 4.79 Å². The van der Waals surface area contributed by atoms with Gasteiger partial charge in [0.1, 0.15) is 19.1 Å². The zero-order valence-electron chi connectivity index (χ0n) is 13.6. The van der Waals surface area contributed by atoms with E-state index in [1.165, 1.54) is 0 Å². The molecule has 126 valence electrons. The first kappa shape index (κ1) is 17.4. The minimum Gasteiger partial charge on any atom is -0.484 e. The highest BCUT2D eigenvalue weighted by molar-refractivity contribution is 5.88. The molecule has 1 aliphatic rings. The van der Waals surface area contributed by atoms with Gasteiger partial charge in [-0.05, 0) is 38.8 Å². The lowest BCUT2D eigenvalue weighted by molar-refractivity contribution is -0.129. The number of hydrogen-bond acceptors (Lipinski definition) is 2. The van der Waals surface area contributed by atoms with Gasteiger partial charge >= 0.3 is 0 Å². The lowest BCUT2D eigenvalue weighted by atomic mass is 10.0. The fourth-order valence-corrected chi connectivity index (χ4v) is 2.75. The summed E-state index contributed by atoms with van der Waals surface area (Å²) in [5, 5.41) is 0. The van der Waals surface area contributed by atoms with Gasteiger partial charge < -0.3 is 9.64 Å². The summed E-state index contributed by atoms with van der Waals surface area (Å²) in [6, 6.07) is 5.43. The first-order valence-corrected chi connectivity index (χ1v) is 7.97. The van der Waals surface area contributed by atoms with Gasteiger partial charge in [-0.2, -0.15) is 0 Å². The Morgan fingerprint density at radius 1 is 1.35 bits per heavy atom. The molecule has 0 N–H and O–H groups in total. The first-order valence-electron chi connectivity index (χ1n) is 7.97. The van der Waals surface area contributed by atoms with Crippen molar-refractivity contribution < 1.29 is 18.3 Å². The molecule has 3 nitrogen and oxygen atoms in total. The molecule has 1 aromatic carbocycles. The summed E-state index contributed by atoms with van der Waals surface area (Å²) < 4.78 is 31.1. The predicted molar refractivity (Wildman–Crippen MR) is 86.8 cm³/mol. The number of ether oxygens (including phenoxy) is 1. The Balaban J connectivity index is 2.38. The van der Waals surface area contributed by atoms with Crippen LogP contribution in [0.2, 0.25) is 0 Å². The van der Waals surface area contributed by atoms with Gasteiger partial charge in [0, 0.05) is 18.5 Å². The summed E-state index contributed by atoms with van der Waals surface area (Å²) in [4.78, 5) is 14.0. The van der Waals surface area contributed by atoms with E-state index in [1.807, 2.05) is 32.1 Å². The lowest BCUT2D eigenvalue weighted by Crippen LogP contribution is -2.34. The van der Waals surface area contributed by atoms with Crippen molar-refractivity contribution >= 4 is 11.6 Å². The van der Waals surface area contributed by atoms with Crippen molar-refractivity contribution in [1.82, 2.24) is 4.90 Å². The van der Waals surface area contributed by atoms with Crippen LogP contribution in [0.25, 0.3) is 5.70 Å². The second-order valence-corrected chi connectivity index (χ2v) is 5.72. The molecular weight excluding hydrogens is 300 g/mol. The fourth-order valence-electron chi connectivity index (χ4n) is 2.75. The van der Waals surface area contributed by atoms with Gasteiger partial charge in [-0.15, -0.1) is 0 Å². The highest BCUT2D eigenvalue weighted by Crippen LogP contribution is 2.32. The quantitative estimate of drug-likeness (QED) is 0.790. The molecule has 1 fully saturated rings. The summed E-state index contributed by atoms with van der Waals surface area (Å²) >= 11 is 0. The molecule has 2 rings (SSSR count). The summed E-state index contributed by atoms with van der Waals surface area (Å²) in [6.07, 6.45) is 3.10. The number of carbonyl (C=O) groups excluding carboxylic acids is 1. The Morgan fingerprint density at radius 2 is 2.09 bits per heavy atom. The Kier molecular flexibility index (Phi) is 6.13. The van der Waals surface area contributed by atoms with Crippen LogP contribution in [0.5, 0.6) is 5.75 Å². The minimum absolute atomic E-state index is 0.0735. The van der Waals surface area contributed by atoms with Crippen LogP contribution in [-0.4, -0.2) is 36.8 Å². The minimum atomic E-state index is -1.12. The number of nitrogens with zero attached hydrogens (tertiary/aromatic N) is 1. The molecule has 1 saturated heterocycles. The van der Waals surface area contributed by atoms with E-state index >= 15 is 0 Å². The molecule has 5 heteroatoms. The molecule has 23 heavy (non-hydrogen) atoms. The second kappa shape index (κ2) is 8.09. The highest BCUT2D eigenvalue weighted by Gasteiger charge is 2.25. The SMILES string of the molecule is C/C=C(\c1cc(C)ccc1OC(CF)CF)N1CCCCC1=O. The maximum Gasteiger partial charge on any atom is 0.226 e. The van der Waals surface area contributed by atoms with Gasteiger partial charge in [0.25, 0.3) is 0 Å². The normalized spacial score (nSPS) is 16.1. The molecule has 0 aromatic heterocycles. The van der Waals surface area contributed by atoms with Crippen LogP contribution in [0, 0.1) is 6.92 Å². The van der Waals surface area contributed by atoms with Crippen molar-refractivity contribution in [2.24, 2.45) is 0 Å². The number of likely N-dealkylation sites (tertiary alicyclic amines) is 1. The lowest BCUT2D eigenvalue weighted by Gasteiger charge is -2.30. The number of rotatable bonds is 6. The number of hydrogen-bond donors (Lipinski definition) is 0. The molecular formula is C18H23F2NO2. The van der Waals surface area contributed by atoms with Gasteiger partial charge in [0.05, 0.1) is 5.70 Å². The van der Waals surface area contributed by atoms with Crippen molar-refractivity contribution in [3.63, 3.8) is 0 Å². The first-order chi connectivity index (χ1) is 11.1. The topological polar surface area (TPSA) is 29.5 Å². The fraction of sp³-hybridized carbons (Fsp3) is 0.500. The Labute approximate surface area is 135 Å². The van der Waals surface area contributed by atoms with Crippen LogP contribution in [0.15, 0.2) is 24.3 Å². The van der Waals surface area contributed by atoms with Gasteiger partial charge in [-0.1, -0.05) is 17.7 Å². The molecule has 0 atom stereocenters. The van der Waals surface area contributed by atoms with Crippen LogP contribution in [0.1, 0.15) is 37.3 Å². The van der Waals surface area contributed by atoms with E-state index < -0.39 is 19.5 Å². The molecule has 1 aliphatic heterocycles. The zero-order chi connectivity index (χ0) is 16.8. The number of piperidine rings is 1. The number of carbonyl (C=O) groups is 1. The Bertz CT molecular complexity index is 582. The van der Waals surface area contributed by atoms with E-state index in [9.17, 15) is 13.6 Å². The van der Waals surface area contributed by atoms with E-state index in [-0.39, 0.29) is 5.91 Å². The average molecular weight is 323 g/mol. The third-order valence-corrected chi connectivity index (χ3v) is 3.94. The number of halogens is 2. The maximum atomic E-state index is 12.8. The molecule has 0 spiro atoms. The second-order valence-electron chi connectivity index (χ2n) is 5.72. The average Bonchev–Trinajstić information content (AvgIpc) is 2.56. The molecule has 1 amide bonds. The van der Waals surface area contributed by atoms with E-state index in [2.05, 4.69) is 0 Å². The molecule has 0 saturated carbocycles. The van der Waals surface area contributed by atoms with Crippen molar-refractivity contribution in [2.45, 2.75) is 39.2 Å². The van der Waals surface area contributed by atoms with Crippen molar-refractivity contribution in [2.75, 3.05) is 19.9 Å².